The molecule has 0 saturated heterocycles. The Bertz CT molecular complexity index is 619. The van der Waals surface area contributed by atoms with Crippen molar-refractivity contribution in [3.8, 4) is 5.75 Å². The van der Waals surface area contributed by atoms with Crippen LogP contribution >= 0.6 is 12.2 Å². The smallest absolute Gasteiger partial charge is 0.167 e. The minimum absolute atomic E-state index is 0.190. The monoisotopic (exact) mass is 277 g/mol. The van der Waals surface area contributed by atoms with E-state index in [1.165, 1.54) is 19.2 Å². The molecule has 0 aliphatic carbocycles. The molecule has 6 heteroatoms. The van der Waals surface area contributed by atoms with Gasteiger partial charge in [0.05, 0.1) is 12.8 Å². The van der Waals surface area contributed by atoms with Gasteiger partial charge in [-0.15, -0.1) is 0 Å². The molecule has 0 amide bonds. The molecule has 1 heterocycles. The molecule has 98 valence electrons. The van der Waals surface area contributed by atoms with E-state index in [4.69, 9.17) is 22.7 Å². The summed E-state index contributed by atoms with van der Waals surface area (Å²) >= 11 is 4.85. The van der Waals surface area contributed by atoms with Gasteiger partial charge in [-0.2, -0.15) is 0 Å². The molecular formula is C13H12FN3OS. The first-order valence-corrected chi connectivity index (χ1v) is 5.88. The third kappa shape index (κ3) is 3.17. The van der Waals surface area contributed by atoms with E-state index in [0.717, 1.165) is 0 Å². The van der Waals surface area contributed by atoms with Crippen molar-refractivity contribution in [2.24, 2.45) is 5.73 Å². The number of nitrogens with zero attached hydrogens (tertiary/aromatic N) is 1. The number of hydrogen-bond acceptors (Lipinski definition) is 4. The lowest BCUT2D eigenvalue weighted by molar-refractivity contribution is 0.386. The maximum Gasteiger partial charge on any atom is 0.167 e. The van der Waals surface area contributed by atoms with Crippen molar-refractivity contribution in [2.75, 3.05) is 12.4 Å². The van der Waals surface area contributed by atoms with Gasteiger partial charge in [0, 0.05) is 11.8 Å². The second kappa shape index (κ2) is 5.62. The summed E-state index contributed by atoms with van der Waals surface area (Å²) in [7, 11) is 1.42. The number of halogens is 1. The summed E-state index contributed by atoms with van der Waals surface area (Å²) in [6.07, 6.45) is 0. The van der Waals surface area contributed by atoms with Gasteiger partial charge < -0.3 is 15.8 Å². The van der Waals surface area contributed by atoms with Crippen LogP contribution in [0.1, 0.15) is 5.69 Å². The zero-order valence-electron chi connectivity index (χ0n) is 10.2. The van der Waals surface area contributed by atoms with Gasteiger partial charge in [0.2, 0.25) is 0 Å². The molecule has 19 heavy (non-hydrogen) atoms. The summed E-state index contributed by atoms with van der Waals surface area (Å²) in [6.45, 7) is 0. The molecule has 1 aromatic heterocycles. The van der Waals surface area contributed by atoms with Crippen LogP contribution in [0.2, 0.25) is 0 Å². The number of nitrogens with one attached hydrogen (secondary N) is 1. The van der Waals surface area contributed by atoms with Gasteiger partial charge in [-0.1, -0.05) is 18.3 Å². The molecule has 0 radical (unpaired) electrons. The zero-order valence-corrected chi connectivity index (χ0v) is 11.0. The van der Waals surface area contributed by atoms with Crippen molar-refractivity contribution >= 4 is 28.7 Å². The number of ether oxygens (including phenoxy) is 1. The number of aromatic nitrogens is 1. The lowest BCUT2D eigenvalue weighted by Crippen LogP contribution is -2.12. The van der Waals surface area contributed by atoms with E-state index >= 15 is 0 Å². The minimum Gasteiger partial charge on any atom is -0.494 e. The Morgan fingerprint density at radius 3 is 2.79 bits per heavy atom. The van der Waals surface area contributed by atoms with Crippen LogP contribution in [0.15, 0.2) is 36.4 Å². The first kappa shape index (κ1) is 13.2. The molecule has 0 spiro atoms. The van der Waals surface area contributed by atoms with Crippen molar-refractivity contribution in [2.45, 2.75) is 0 Å². The Balaban J connectivity index is 2.23. The fraction of sp³-hybridized carbons (Fsp3) is 0.0769. The average Bonchev–Trinajstić information content (AvgIpc) is 2.39. The molecule has 0 aliphatic heterocycles. The Kier molecular flexibility index (Phi) is 3.91. The van der Waals surface area contributed by atoms with Crippen LogP contribution in [0.5, 0.6) is 5.75 Å². The molecule has 0 atom stereocenters. The first-order valence-electron chi connectivity index (χ1n) is 5.47. The molecule has 0 unspecified atom stereocenters. The van der Waals surface area contributed by atoms with E-state index in [0.29, 0.717) is 17.2 Å². The molecule has 0 fully saturated rings. The summed E-state index contributed by atoms with van der Waals surface area (Å²) in [5, 5.41) is 2.97. The third-order valence-electron chi connectivity index (χ3n) is 2.43. The maximum absolute atomic E-state index is 13.5. The number of anilines is 2. The minimum atomic E-state index is -0.446. The van der Waals surface area contributed by atoms with Crippen molar-refractivity contribution in [1.29, 1.82) is 0 Å². The number of thiocarbonyl (C=S) groups is 1. The highest BCUT2D eigenvalue weighted by Gasteiger charge is 2.05. The zero-order chi connectivity index (χ0) is 13.8. The van der Waals surface area contributed by atoms with Crippen LogP contribution < -0.4 is 15.8 Å². The van der Waals surface area contributed by atoms with Gasteiger partial charge in [-0.25, -0.2) is 9.37 Å². The summed E-state index contributed by atoms with van der Waals surface area (Å²) in [6, 6.07) is 9.77. The van der Waals surface area contributed by atoms with Gasteiger partial charge >= 0.3 is 0 Å². The second-order valence-corrected chi connectivity index (χ2v) is 4.19. The quantitative estimate of drug-likeness (QED) is 0.841. The molecule has 2 aromatic rings. The molecule has 1 aromatic carbocycles. The standard InChI is InChI=1S/C13H12FN3OS/c1-18-11-6-5-8(7-9(11)14)16-12-4-2-3-10(17-12)13(15)19/h2-7H,1H3,(H2,15,19)(H,16,17). The molecule has 2 rings (SSSR count). The van der Waals surface area contributed by atoms with Crippen LogP contribution in [0.25, 0.3) is 0 Å². The fourth-order valence-electron chi connectivity index (χ4n) is 1.53. The van der Waals surface area contributed by atoms with E-state index in [9.17, 15) is 4.39 Å². The molecule has 0 aliphatic rings. The summed E-state index contributed by atoms with van der Waals surface area (Å²) in [5.41, 5.74) is 6.57. The van der Waals surface area contributed by atoms with Gasteiger partial charge in [0.25, 0.3) is 0 Å². The number of methoxy groups -OCH3 is 1. The maximum atomic E-state index is 13.5. The van der Waals surface area contributed by atoms with Crippen molar-refractivity contribution in [3.05, 3.63) is 47.9 Å². The van der Waals surface area contributed by atoms with Crippen LogP contribution in [-0.2, 0) is 0 Å². The largest absolute Gasteiger partial charge is 0.494 e. The van der Waals surface area contributed by atoms with Crippen molar-refractivity contribution in [3.63, 3.8) is 0 Å². The van der Waals surface area contributed by atoms with Crippen LogP contribution in [0.3, 0.4) is 0 Å². The predicted molar refractivity (Wildman–Crippen MR) is 76.4 cm³/mol. The van der Waals surface area contributed by atoms with Crippen LogP contribution in [0, 0.1) is 5.82 Å². The molecule has 4 nitrogen and oxygen atoms in total. The lowest BCUT2D eigenvalue weighted by atomic mass is 10.3. The fourth-order valence-corrected chi connectivity index (χ4v) is 1.65. The normalized spacial score (nSPS) is 10.0. The van der Waals surface area contributed by atoms with Gasteiger partial charge in [0.1, 0.15) is 10.8 Å². The summed E-state index contributed by atoms with van der Waals surface area (Å²) < 4.78 is 18.4. The second-order valence-electron chi connectivity index (χ2n) is 3.75. The van der Waals surface area contributed by atoms with Gasteiger partial charge in [0.15, 0.2) is 11.6 Å². The average molecular weight is 277 g/mol. The highest BCUT2D eigenvalue weighted by atomic mass is 32.1. The Hall–Kier alpha value is -2.21. The lowest BCUT2D eigenvalue weighted by Gasteiger charge is -2.08. The predicted octanol–water partition coefficient (Wildman–Crippen LogP) is 2.61. The number of pyridine rings is 1. The van der Waals surface area contributed by atoms with Crippen LogP contribution in [0.4, 0.5) is 15.9 Å². The summed E-state index contributed by atoms with van der Waals surface area (Å²) in [5.74, 6) is 0.281. The Morgan fingerprint density at radius 1 is 1.37 bits per heavy atom. The topological polar surface area (TPSA) is 60.2 Å². The molecule has 0 saturated carbocycles. The van der Waals surface area contributed by atoms with E-state index in [2.05, 4.69) is 10.3 Å². The van der Waals surface area contributed by atoms with Crippen molar-refractivity contribution < 1.29 is 9.13 Å². The molecule has 0 bridgehead atoms. The van der Waals surface area contributed by atoms with E-state index in [-0.39, 0.29) is 10.7 Å². The van der Waals surface area contributed by atoms with Crippen molar-refractivity contribution in [1.82, 2.24) is 4.98 Å². The molecule has 3 N–H and O–H groups in total. The number of nitrogens with two attached hydrogens (primary N) is 1. The summed E-state index contributed by atoms with van der Waals surface area (Å²) in [4.78, 5) is 4.42. The highest BCUT2D eigenvalue weighted by Crippen LogP contribution is 2.22. The van der Waals surface area contributed by atoms with Crippen LogP contribution in [-0.4, -0.2) is 17.1 Å². The van der Waals surface area contributed by atoms with E-state index in [1.807, 2.05) is 0 Å². The Morgan fingerprint density at radius 2 is 2.16 bits per heavy atom. The first-order chi connectivity index (χ1) is 9.10. The number of benzene rings is 1. The molecular weight excluding hydrogens is 265 g/mol. The Labute approximate surface area is 115 Å². The number of hydrogen-bond donors (Lipinski definition) is 2. The van der Waals surface area contributed by atoms with E-state index in [1.54, 1.807) is 24.3 Å². The SMILES string of the molecule is COc1ccc(Nc2cccc(C(N)=S)n2)cc1F. The highest BCUT2D eigenvalue weighted by molar-refractivity contribution is 7.80. The van der Waals surface area contributed by atoms with Gasteiger partial charge in [-0.3, -0.25) is 0 Å². The number of rotatable bonds is 4. The third-order valence-corrected chi connectivity index (χ3v) is 2.63. The van der Waals surface area contributed by atoms with E-state index < -0.39 is 5.82 Å². The van der Waals surface area contributed by atoms with Gasteiger partial charge in [-0.05, 0) is 24.3 Å².